The summed E-state index contributed by atoms with van der Waals surface area (Å²) in [4.78, 5) is 0. The Hall–Kier alpha value is 0.110. The summed E-state index contributed by atoms with van der Waals surface area (Å²) in [5.74, 6) is 0.144. The molecule has 0 saturated carbocycles. The van der Waals surface area contributed by atoms with Gasteiger partial charge >= 0.3 is 0 Å². The van der Waals surface area contributed by atoms with Gasteiger partial charge in [0, 0.05) is 7.26 Å². The molecule has 0 saturated heterocycles. The van der Waals surface area contributed by atoms with Crippen LogP contribution in [-0.2, 0) is 0 Å². The Kier molecular flexibility index (Phi) is 9.17. The number of rotatable bonds is 7. The van der Waals surface area contributed by atoms with Crippen LogP contribution < -0.4 is 28.7 Å². The molecule has 0 bridgehead atoms. The monoisotopic (exact) mass is 398 g/mol. The molecule has 0 amide bonds. The molecule has 19 heavy (non-hydrogen) atoms. The maximum atomic E-state index is 13.6. The van der Waals surface area contributed by atoms with Crippen molar-refractivity contribution < 1.29 is 33.1 Å². The van der Waals surface area contributed by atoms with E-state index < -0.39 is 7.26 Å². The normalized spacial score (nSPS) is 11.0. The Labute approximate surface area is 134 Å². The molecule has 0 heterocycles. The van der Waals surface area contributed by atoms with Crippen molar-refractivity contribution >= 4 is 7.26 Å². The van der Waals surface area contributed by atoms with Crippen molar-refractivity contribution in [1.29, 1.82) is 0 Å². The highest BCUT2D eigenvalue weighted by Gasteiger charge is 2.30. The van der Waals surface area contributed by atoms with Gasteiger partial charge in [-0.3, -0.25) is 0 Å². The standard InChI is InChI=1S/C15H25FOP.HI/c1-5-18(6-2,7-3)11-10-17-15-9-8-13(4)12-14(15)16;/h8-9,12H,5-7,10-11H2,1-4H3;1H/q+1;/p-1. The summed E-state index contributed by atoms with van der Waals surface area (Å²) in [5.41, 5.74) is 0.928. The number of aryl methyl sites for hydroxylation is 1. The fourth-order valence-electron chi connectivity index (χ4n) is 2.22. The molecule has 0 aliphatic carbocycles. The first kappa shape index (κ1) is 19.1. The van der Waals surface area contributed by atoms with Crippen molar-refractivity contribution in [3.63, 3.8) is 0 Å². The van der Waals surface area contributed by atoms with E-state index in [4.69, 9.17) is 4.74 Å². The fraction of sp³-hybridized carbons (Fsp3) is 0.600. The first-order valence-electron chi connectivity index (χ1n) is 6.81. The smallest absolute Gasteiger partial charge is 0.165 e. The lowest BCUT2D eigenvalue weighted by Crippen LogP contribution is -3.00. The molecule has 0 unspecified atom stereocenters. The van der Waals surface area contributed by atoms with E-state index in [1.165, 1.54) is 24.6 Å². The highest BCUT2D eigenvalue weighted by Crippen LogP contribution is 2.57. The van der Waals surface area contributed by atoms with E-state index in [1.807, 2.05) is 13.0 Å². The maximum absolute atomic E-state index is 13.6. The molecule has 0 aliphatic heterocycles. The van der Waals surface area contributed by atoms with E-state index in [2.05, 4.69) is 20.8 Å². The average molecular weight is 398 g/mol. The van der Waals surface area contributed by atoms with Gasteiger partial charge in [0.15, 0.2) is 11.6 Å². The molecule has 0 spiro atoms. The van der Waals surface area contributed by atoms with Crippen LogP contribution in [0.2, 0.25) is 0 Å². The highest BCUT2D eigenvalue weighted by molar-refractivity contribution is 7.75. The summed E-state index contributed by atoms with van der Waals surface area (Å²) in [6.07, 6.45) is 4.89. The van der Waals surface area contributed by atoms with Crippen LogP contribution in [0.3, 0.4) is 0 Å². The second kappa shape index (κ2) is 9.12. The third-order valence-electron chi connectivity index (χ3n) is 3.92. The molecule has 1 aromatic carbocycles. The minimum atomic E-state index is -0.848. The zero-order valence-electron chi connectivity index (χ0n) is 12.4. The van der Waals surface area contributed by atoms with E-state index >= 15 is 0 Å². The lowest BCUT2D eigenvalue weighted by molar-refractivity contribution is -0.00000499. The third kappa shape index (κ3) is 5.55. The van der Waals surface area contributed by atoms with Crippen LogP contribution in [0.1, 0.15) is 26.3 Å². The predicted octanol–water partition coefficient (Wildman–Crippen LogP) is 1.59. The van der Waals surface area contributed by atoms with Crippen LogP contribution in [0.25, 0.3) is 0 Å². The van der Waals surface area contributed by atoms with Gasteiger partial charge in [-0.05, 0) is 45.4 Å². The zero-order chi connectivity index (χ0) is 13.6. The molecule has 0 aliphatic rings. The number of benzene rings is 1. The van der Waals surface area contributed by atoms with Crippen LogP contribution in [0.4, 0.5) is 4.39 Å². The molecule has 0 N–H and O–H groups in total. The van der Waals surface area contributed by atoms with Gasteiger partial charge in [-0.15, -0.1) is 0 Å². The summed E-state index contributed by atoms with van der Waals surface area (Å²) in [6, 6.07) is 5.14. The fourth-order valence-corrected chi connectivity index (χ4v) is 4.99. The molecule has 4 heteroatoms. The average Bonchev–Trinajstić information content (AvgIpc) is 2.38. The molecule has 110 valence electrons. The largest absolute Gasteiger partial charge is 1.00 e. The molecule has 0 radical (unpaired) electrons. The van der Waals surface area contributed by atoms with Gasteiger partial charge in [0.05, 0.1) is 24.6 Å². The second-order valence-corrected chi connectivity index (χ2v) is 9.82. The van der Waals surface area contributed by atoms with Crippen LogP contribution in [0.5, 0.6) is 5.75 Å². The molecule has 0 fully saturated rings. The minimum Gasteiger partial charge on any atom is -1.00 e. The van der Waals surface area contributed by atoms with Crippen LogP contribution in [-0.4, -0.2) is 31.3 Å². The summed E-state index contributed by atoms with van der Waals surface area (Å²) in [5, 5.41) is 0. The lowest BCUT2D eigenvalue weighted by Gasteiger charge is -2.23. The van der Waals surface area contributed by atoms with Gasteiger partial charge in [-0.2, -0.15) is 0 Å². The van der Waals surface area contributed by atoms with Crippen LogP contribution in [0.15, 0.2) is 18.2 Å². The topological polar surface area (TPSA) is 9.23 Å². The summed E-state index contributed by atoms with van der Waals surface area (Å²) >= 11 is 0. The van der Waals surface area contributed by atoms with E-state index in [-0.39, 0.29) is 29.8 Å². The number of ether oxygens (including phenoxy) is 1. The molecular formula is C15H25FIOP. The van der Waals surface area contributed by atoms with Crippen molar-refractivity contribution in [2.45, 2.75) is 27.7 Å². The van der Waals surface area contributed by atoms with E-state index in [9.17, 15) is 4.39 Å². The SMILES string of the molecule is CC[P+](CC)(CC)CCOc1ccc(C)cc1F.[I-]. The molecule has 1 nitrogen and oxygen atoms in total. The second-order valence-electron chi connectivity index (χ2n) is 4.80. The van der Waals surface area contributed by atoms with Gasteiger partial charge in [-0.1, -0.05) is 6.07 Å². The highest BCUT2D eigenvalue weighted by atomic mass is 127. The molecule has 1 rings (SSSR count). The van der Waals surface area contributed by atoms with E-state index in [0.29, 0.717) is 12.4 Å². The van der Waals surface area contributed by atoms with Gasteiger partial charge in [-0.25, -0.2) is 4.39 Å². The summed E-state index contributed by atoms with van der Waals surface area (Å²) in [7, 11) is -0.848. The predicted molar refractivity (Wildman–Crippen MR) is 80.0 cm³/mol. The van der Waals surface area contributed by atoms with Crippen molar-refractivity contribution in [3.05, 3.63) is 29.6 Å². The van der Waals surface area contributed by atoms with Crippen molar-refractivity contribution in [3.8, 4) is 5.75 Å². The Bertz CT molecular complexity index is 372. The van der Waals surface area contributed by atoms with Gasteiger partial charge in [0.1, 0.15) is 6.61 Å². The van der Waals surface area contributed by atoms with Crippen LogP contribution in [0, 0.1) is 12.7 Å². The first-order valence-corrected chi connectivity index (χ1v) is 9.34. The number of hydrogen-bond donors (Lipinski definition) is 0. The maximum Gasteiger partial charge on any atom is 0.165 e. The summed E-state index contributed by atoms with van der Waals surface area (Å²) < 4.78 is 19.2. The third-order valence-corrected chi connectivity index (χ3v) is 9.08. The Morgan fingerprint density at radius 1 is 1.11 bits per heavy atom. The summed E-state index contributed by atoms with van der Waals surface area (Å²) in [6.45, 7) is 9.34. The quantitative estimate of drug-likeness (QED) is 0.501. The first-order chi connectivity index (χ1) is 8.56. The van der Waals surface area contributed by atoms with Crippen LogP contribution >= 0.6 is 7.26 Å². The van der Waals surface area contributed by atoms with Crippen molar-refractivity contribution in [2.75, 3.05) is 31.3 Å². The number of halogens is 2. The Morgan fingerprint density at radius 3 is 2.16 bits per heavy atom. The van der Waals surface area contributed by atoms with Crippen molar-refractivity contribution in [1.82, 2.24) is 0 Å². The molecule has 1 aromatic rings. The van der Waals surface area contributed by atoms with Gasteiger partial charge in [0.2, 0.25) is 0 Å². The van der Waals surface area contributed by atoms with E-state index in [0.717, 1.165) is 11.7 Å². The Balaban J connectivity index is 0.00000324. The molecular weight excluding hydrogens is 373 g/mol. The molecule has 0 aromatic heterocycles. The van der Waals surface area contributed by atoms with Gasteiger partial charge < -0.3 is 28.7 Å². The van der Waals surface area contributed by atoms with E-state index in [1.54, 1.807) is 6.07 Å². The van der Waals surface area contributed by atoms with Gasteiger partial charge in [0.25, 0.3) is 0 Å². The lowest BCUT2D eigenvalue weighted by atomic mass is 10.2. The number of hydrogen-bond acceptors (Lipinski definition) is 1. The zero-order valence-corrected chi connectivity index (χ0v) is 15.4. The molecule has 0 atom stereocenters. The minimum absolute atomic E-state index is 0. The Morgan fingerprint density at radius 2 is 1.68 bits per heavy atom. The van der Waals surface area contributed by atoms with Crippen molar-refractivity contribution in [2.24, 2.45) is 0 Å².